The Morgan fingerprint density at radius 2 is 1.54 bits per heavy atom. The van der Waals surface area contributed by atoms with Gasteiger partial charge < -0.3 is 10.1 Å². The Kier molecular flexibility index (Phi) is 7.51. The molecule has 1 aliphatic carbocycles. The van der Waals surface area contributed by atoms with Gasteiger partial charge in [0.15, 0.2) is 0 Å². The first-order valence-electron chi connectivity index (χ1n) is 9.20. The van der Waals surface area contributed by atoms with Crippen molar-refractivity contribution < 1.29 is 4.74 Å². The zero-order valence-electron chi connectivity index (χ0n) is 14.7. The second-order valence-electron chi connectivity index (χ2n) is 6.85. The molecule has 0 saturated heterocycles. The van der Waals surface area contributed by atoms with Crippen molar-refractivity contribution in [1.82, 2.24) is 5.32 Å². The second-order valence-corrected chi connectivity index (χ2v) is 8.13. The summed E-state index contributed by atoms with van der Waals surface area (Å²) in [5.74, 6) is 0.835. The van der Waals surface area contributed by atoms with E-state index in [1.165, 1.54) is 38.5 Å². The normalized spacial score (nSPS) is 15.7. The average molecular weight is 413 g/mol. The fourth-order valence-electron chi connectivity index (χ4n) is 3.36. The topological polar surface area (TPSA) is 21.3 Å². The smallest absolute Gasteiger partial charge is 0.124 e. The van der Waals surface area contributed by atoms with Crippen molar-refractivity contribution in [2.75, 3.05) is 0 Å². The van der Waals surface area contributed by atoms with Gasteiger partial charge in [0.2, 0.25) is 0 Å². The van der Waals surface area contributed by atoms with Crippen molar-refractivity contribution >= 4 is 34.8 Å². The van der Waals surface area contributed by atoms with E-state index >= 15 is 0 Å². The lowest BCUT2D eigenvalue weighted by Gasteiger charge is -2.18. The molecule has 140 valence electrons. The van der Waals surface area contributed by atoms with Crippen LogP contribution in [0.1, 0.15) is 49.7 Å². The molecule has 0 atom stereocenters. The number of halogens is 3. The molecule has 0 aromatic heterocycles. The number of hydrogen-bond acceptors (Lipinski definition) is 2. The largest absolute Gasteiger partial charge is 0.489 e. The first kappa shape index (κ1) is 19.8. The Bertz CT molecular complexity index is 727. The highest BCUT2D eigenvalue weighted by molar-refractivity contribution is 6.35. The van der Waals surface area contributed by atoms with Crippen LogP contribution in [0.3, 0.4) is 0 Å². The van der Waals surface area contributed by atoms with E-state index in [9.17, 15) is 0 Å². The minimum atomic E-state index is 0.397. The number of benzene rings is 2. The maximum Gasteiger partial charge on any atom is 0.124 e. The van der Waals surface area contributed by atoms with Gasteiger partial charge in [-0.3, -0.25) is 0 Å². The highest BCUT2D eigenvalue weighted by Crippen LogP contribution is 2.27. The zero-order valence-corrected chi connectivity index (χ0v) is 17.0. The summed E-state index contributed by atoms with van der Waals surface area (Å²) in [4.78, 5) is 0. The van der Waals surface area contributed by atoms with Crippen LogP contribution in [0, 0.1) is 0 Å². The molecule has 1 aliphatic rings. The molecular weight excluding hydrogens is 389 g/mol. The molecule has 5 heteroatoms. The van der Waals surface area contributed by atoms with E-state index in [4.69, 9.17) is 39.5 Å². The molecule has 1 N–H and O–H groups in total. The Morgan fingerprint density at radius 1 is 0.846 bits per heavy atom. The molecule has 1 saturated carbocycles. The van der Waals surface area contributed by atoms with Gasteiger partial charge in [0.1, 0.15) is 12.4 Å². The van der Waals surface area contributed by atoms with Crippen molar-refractivity contribution in [3.63, 3.8) is 0 Å². The zero-order chi connectivity index (χ0) is 18.4. The third kappa shape index (κ3) is 5.79. The van der Waals surface area contributed by atoms with Crippen LogP contribution in [0.5, 0.6) is 5.75 Å². The van der Waals surface area contributed by atoms with Gasteiger partial charge in [-0.1, -0.05) is 66.6 Å². The predicted octanol–water partition coefficient (Wildman–Crippen LogP) is 7.04. The Hall–Kier alpha value is -0.930. The predicted molar refractivity (Wildman–Crippen MR) is 111 cm³/mol. The quantitative estimate of drug-likeness (QED) is 0.514. The molecule has 0 spiro atoms. The summed E-state index contributed by atoms with van der Waals surface area (Å²) in [5.41, 5.74) is 1.99. The lowest BCUT2D eigenvalue weighted by atomic mass is 10.1. The van der Waals surface area contributed by atoms with E-state index < -0.39 is 0 Å². The van der Waals surface area contributed by atoms with Crippen LogP contribution >= 0.6 is 34.8 Å². The fourth-order valence-corrected chi connectivity index (χ4v) is 4.02. The molecule has 2 aromatic carbocycles. The van der Waals surface area contributed by atoms with Crippen molar-refractivity contribution in [1.29, 1.82) is 0 Å². The monoisotopic (exact) mass is 411 g/mol. The fraction of sp³-hybridized carbons (Fsp3) is 0.429. The van der Waals surface area contributed by atoms with Gasteiger partial charge in [0.25, 0.3) is 0 Å². The van der Waals surface area contributed by atoms with Crippen molar-refractivity contribution in [2.45, 2.75) is 57.7 Å². The van der Waals surface area contributed by atoms with Crippen LogP contribution in [0.15, 0.2) is 36.4 Å². The molecule has 2 nitrogen and oxygen atoms in total. The maximum absolute atomic E-state index is 6.24. The van der Waals surface area contributed by atoms with Gasteiger partial charge in [-0.2, -0.15) is 0 Å². The Labute approximate surface area is 170 Å². The average Bonchev–Trinajstić information content (AvgIpc) is 2.89. The number of ether oxygens (including phenoxy) is 1. The molecule has 0 radical (unpaired) electrons. The molecule has 0 bridgehead atoms. The molecule has 0 unspecified atom stereocenters. The molecule has 1 fully saturated rings. The van der Waals surface area contributed by atoms with Crippen molar-refractivity contribution in [2.24, 2.45) is 0 Å². The molecule has 0 aliphatic heterocycles. The summed E-state index contributed by atoms with van der Waals surface area (Å²) in [7, 11) is 0. The number of nitrogens with one attached hydrogen (secondary N) is 1. The second kappa shape index (κ2) is 9.85. The van der Waals surface area contributed by atoms with Gasteiger partial charge in [0, 0.05) is 38.8 Å². The van der Waals surface area contributed by atoms with Gasteiger partial charge in [-0.25, -0.2) is 0 Å². The molecule has 26 heavy (non-hydrogen) atoms. The van der Waals surface area contributed by atoms with Crippen LogP contribution in [0.25, 0.3) is 0 Å². The van der Waals surface area contributed by atoms with E-state index in [1.54, 1.807) is 6.07 Å². The first-order valence-corrected chi connectivity index (χ1v) is 10.3. The van der Waals surface area contributed by atoms with E-state index in [0.717, 1.165) is 28.4 Å². The van der Waals surface area contributed by atoms with Gasteiger partial charge in [-0.15, -0.1) is 0 Å². The van der Waals surface area contributed by atoms with E-state index in [1.807, 2.05) is 30.3 Å². The molecule has 3 rings (SSSR count). The van der Waals surface area contributed by atoms with Crippen LogP contribution in [0.2, 0.25) is 15.1 Å². The van der Waals surface area contributed by atoms with E-state index in [0.29, 0.717) is 22.7 Å². The maximum atomic E-state index is 6.24. The van der Waals surface area contributed by atoms with E-state index in [-0.39, 0.29) is 0 Å². The molecule has 0 heterocycles. The summed E-state index contributed by atoms with van der Waals surface area (Å²) in [6.45, 7) is 1.16. The SMILES string of the molecule is Clc1ccc(COc2ccc(Cl)cc2CNC2CCCCCC2)c(Cl)c1. The van der Waals surface area contributed by atoms with Crippen LogP contribution in [-0.2, 0) is 13.2 Å². The third-order valence-electron chi connectivity index (χ3n) is 4.86. The minimum absolute atomic E-state index is 0.397. The van der Waals surface area contributed by atoms with Crippen LogP contribution in [-0.4, -0.2) is 6.04 Å². The van der Waals surface area contributed by atoms with E-state index in [2.05, 4.69) is 5.32 Å². The Balaban J connectivity index is 1.65. The molecule has 2 aromatic rings. The lowest BCUT2D eigenvalue weighted by Crippen LogP contribution is -2.28. The summed E-state index contributed by atoms with van der Waals surface area (Å²) < 4.78 is 6.04. The molecular formula is C21H24Cl3NO. The highest BCUT2D eigenvalue weighted by atomic mass is 35.5. The summed E-state index contributed by atoms with van der Waals surface area (Å²) in [6, 6.07) is 11.8. The highest BCUT2D eigenvalue weighted by Gasteiger charge is 2.13. The van der Waals surface area contributed by atoms with Gasteiger partial charge in [0.05, 0.1) is 0 Å². The molecule has 0 amide bonds. The van der Waals surface area contributed by atoms with Gasteiger partial charge >= 0.3 is 0 Å². The Morgan fingerprint density at radius 3 is 2.27 bits per heavy atom. The summed E-state index contributed by atoms with van der Waals surface area (Å²) in [6.07, 6.45) is 7.82. The van der Waals surface area contributed by atoms with Crippen LogP contribution in [0.4, 0.5) is 0 Å². The lowest BCUT2D eigenvalue weighted by molar-refractivity contribution is 0.301. The first-order chi connectivity index (χ1) is 12.6. The summed E-state index contributed by atoms with van der Waals surface area (Å²) >= 11 is 18.4. The van der Waals surface area contributed by atoms with Gasteiger partial charge in [-0.05, 0) is 43.2 Å². The number of rotatable bonds is 6. The van der Waals surface area contributed by atoms with Crippen molar-refractivity contribution in [3.05, 3.63) is 62.6 Å². The third-order valence-corrected chi connectivity index (χ3v) is 5.68. The van der Waals surface area contributed by atoms with Crippen molar-refractivity contribution in [3.8, 4) is 5.75 Å². The summed E-state index contributed by atoms with van der Waals surface area (Å²) in [5, 5.41) is 5.64. The number of hydrogen-bond donors (Lipinski definition) is 1. The standard InChI is InChI=1S/C21H24Cl3NO/c22-17-9-10-21(26-14-15-7-8-18(23)12-20(15)24)16(11-17)13-25-19-5-3-1-2-4-6-19/h7-12,19,25H,1-6,13-14H2. The van der Waals surface area contributed by atoms with Crippen LogP contribution < -0.4 is 10.1 Å². The minimum Gasteiger partial charge on any atom is -0.489 e.